The summed E-state index contributed by atoms with van der Waals surface area (Å²) in [6, 6.07) is 5.20. The maximum Gasteiger partial charge on any atom is 0.272 e. The quantitative estimate of drug-likeness (QED) is 0.618. The van der Waals surface area contributed by atoms with E-state index in [0.29, 0.717) is 17.1 Å². The number of halogens is 3. The van der Waals surface area contributed by atoms with Crippen LogP contribution in [0.5, 0.6) is 0 Å². The molecule has 29 heavy (non-hydrogen) atoms. The van der Waals surface area contributed by atoms with Gasteiger partial charge in [-0.25, -0.2) is 4.39 Å². The van der Waals surface area contributed by atoms with Crippen LogP contribution >= 0.6 is 24.8 Å². The number of hydrogen-bond acceptors (Lipinski definition) is 6. The van der Waals surface area contributed by atoms with Gasteiger partial charge in [0.2, 0.25) is 5.82 Å². The minimum absolute atomic E-state index is 0. The summed E-state index contributed by atoms with van der Waals surface area (Å²) in [6.45, 7) is 2.37. The van der Waals surface area contributed by atoms with Crippen LogP contribution in [0.15, 0.2) is 35.1 Å². The lowest BCUT2D eigenvalue weighted by molar-refractivity contribution is 0.0243. The Labute approximate surface area is 179 Å². The highest BCUT2D eigenvalue weighted by atomic mass is 35.5. The summed E-state index contributed by atoms with van der Waals surface area (Å²) in [7, 11) is 1.72. The average Bonchev–Trinajstić information content (AvgIpc) is 3.30. The molecule has 0 aliphatic carbocycles. The predicted octanol–water partition coefficient (Wildman–Crippen LogP) is 3.12. The number of nitrogens with zero attached hydrogens (tertiary/aromatic N) is 6. The minimum atomic E-state index is -1.74. The van der Waals surface area contributed by atoms with E-state index in [-0.39, 0.29) is 62.5 Å². The molecule has 0 radical (unpaired) electrons. The van der Waals surface area contributed by atoms with E-state index < -0.39 is 5.67 Å². The number of amides is 1. The molecule has 0 N–H and O–H groups in total. The van der Waals surface area contributed by atoms with Crippen molar-refractivity contribution in [2.45, 2.75) is 25.4 Å². The lowest BCUT2D eigenvalue weighted by atomic mass is 9.93. The van der Waals surface area contributed by atoms with Gasteiger partial charge in [-0.1, -0.05) is 5.16 Å². The second-order valence-electron chi connectivity index (χ2n) is 6.71. The van der Waals surface area contributed by atoms with Crippen LogP contribution in [-0.4, -0.2) is 48.8 Å². The van der Waals surface area contributed by atoms with E-state index in [1.54, 1.807) is 47.2 Å². The van der Waals surface area contributed by atoms with Crippen molar-refractivity contribution in [3.05, 3.63) is 47.9 Å². The number of pyridine rings is 1. The van der Waals surface area contributed by atoms with Gasteiger partial charge in [-0.15, -0.1) is 24.8 Å². The summed E-state index contributed by atoms with van der Waals surface area (Å²) in [5.41, 5.74) is 0.240. The normalized spacial score (nSPS) is 15.3. The summed E-state index contributed by atoms with van der Waals surface area (Å²) in [5, 5.41) is 8.07. The summed E-state index contributed by atoms with van der Waals surface area (Å²) >= 11 is 0. The molecule has 3 aromatic heterocycles. The Morgan fingerprint density at radius 3 is 2.45 bits per heavy atom. The highest BCUT2D eigenvalue weighted by Crippen LogP contribution is 2.37. The molecule has 1 amide bonds. The smallest absolute Gasteiger partial charge is 0.272 e. The molecule has 0 unspecified atom stereocenters. The molecule has 3 aromatic rings. The fourth-order valence-corrected chi connectivity index (χ4v) is 3.27. The lowest BCUT2D eigenvalue weighted by Crippen LogP contribution is -2.44. The third kappa shape index (κ3) is 4.40. The number of aryl methyl sites for hydroxylation is 2. The largest absolute Gasteiger partial charge is 0.337 e. The van der Waals surface area contributed by atoms with Gasteiger partial charge in [0.15, 0.2) is 5.67 Å². The van der Waals surface area contributed by atoms with Crippen LogP contribution in [0.4, 0.5) is 4.39 Å². The summed E-state index contributed by atoms with van der Waals surface area (Å²) in [6.07, 6.45) is 3.43. The Bertz CT molecular complexity index is 970. The van der Waals surface area contributed by atoms with Gasteiger partial charge in [0.1, 0.15) is 5.69 Å². The second-order valence-corrected chi connectivity index (χ2v) is 6.71. The van der Waals surface area contributed by atoms with E-state index in [4.69, 9.17) is 4.52 Å². The number of hydrogen-bond donors (Lipinski definition) is 0. The average molecular weight is 443 g/mol. The first-order chi connectivity index (χ1) is 13.0. The molecule has 1 aliphatic heterocycles. The van der Waals surface area contributed by atoms with E-state index in [1.807, 2.05) is 6.92 Å². The molecule has 1 fully saturated rings. The van der Waals surface area contributed by atoms with Crippen molar-refractivity contribution in [3.8, 4) is 11.4 Å². The number of aromatic nitrogens is 5. The van der Waals surface area contributed by atoms with E-state index in [1.165, 1.54) is 0 Å². The molecule has 1 saturated heterocycles. The van der Waals surface area contributed by atoms with Gasteiger partial charge in [0.05, 0.1) is 5.69 Å². The summed E-state index contributed by atoms with van der Waals surface area (Å²) < 4.78 is 22.1. The van der Waals surface area contributed by atoms with E-state index in [0.717, 1.165) is 5.69 Å². The molecule has 8 nitrogen and oxygen atoms in total. The standard InChI is InChI=1S/C18H19FN6O2.2ClH/c1-12-11-14(24(2)22-12)16(26)25-9-5-18(19,6-10-25)17-21-15(23-27-17)13-3-7-20-8-4-13;;/h3-4,7-8,11H,5-6,9-10H2,1-2H3;2*1H. The lowest BCUT2D eigenvalue weighted by Gasteiger charge is -2.34. The maximum atomic E-state index is 15.4. The zero-order chi connectivity index (χ0) is 19.0. The van der Waals surface area contributed by atoms with Crippen molar-refractivity contribution in [2.24, 2.45) is 7.05 Å². The monoisotopic (exact) mass is 442 g/mol. The molecule has 11 heteroatoms. The van der Waals surface area contributed by atoms with Gasteiger partial charge >= 0.3 is 0 Å². The molecular formula is C18H21Cl2FN6O2. The minimum Gasteiger partial charge on any atom is -0.337 e. The van der Waals surface area contributed by atoms with Crippen LogP contribution in [0.3, 0.4) is 0 Å². The third-order valence-electron chi connectivity index (χ3n) is 4.81. The number of carbonyl (C=O) groups excluding carboxylic acids is 1. The molecule has 0 atom stereocenters. The number of carbonyl (C=O) groups is 1. The predicted molar refractivity (Wildman–Crippen MR) is 108 cm³/mol. The third-order valence-corrected chi connectivity index (χ3v) is 4.81. The molecule has 0 aromatic carbocycles. The molecule has 0 saturated carbocycles. The molecule has 156 valence electrons. The topological polar surface area (TPSA) is 89.9 Å². The molecule has 4 rings (SSSR count). The SMILES string of the molecule is Cc1cc(C(=O)N2CCC(F)(c3nc(-c4ccncc4)no3)CC2)n(C)n1.Cl.Cl. The van der Waals surface area contributed by atoms with E-state index in [9.17, 15) is 4.79 Å². The molecule has 0 bridgehead atoms. The Morgan fingerprint density at radius 1 is 1.21 bits per heavy atom. The second kappa shape index (κ2) is 8.87. The molecule has 0 spiro atoms. The molecular weight excluding hydrogens is 422 g/mol. The summed E-state index contributed by atoms with van der Waals surface area (Å²) in [5.74, 6) is 0.134. The first-order valence-corrected chi connectivity index (χ1v) is 8.70. The van der Waals surface area contributed by atoms with Gasteiger partial charge in [-0.05, 0) is 25.1 Å². The highest BCUT2D eigenvalue weighted by molar-refractivity contribution is 5.92. The fourth-order valence-electron chi connectivity index (χ4n) is 3.27. The van der Waals surface area contributed by atoms with Crippen molar-refractivity contribution in [3.63, 3.8) is 0 Å². The van der Waals surface area contributed by atoms with E-state index >= 15 is 4.39 Å². The van der Waals surface area contributed by atoms with Gasteiger partial charge in [0, 0.05) is 50.9 Å². The van der Waals surface area contributed by atoms with Crippen molar-refractivity contribution in [1.82, 2.24) is 29.8 Å². The van der Waals surface area contributed by atoms with Crippen LogP contribution in [0.2, 0.25) is 0 Å². The van der Waals surface area contributed by atoms with Gasteiger partial charge in [-0.2, -0.15) is 10.1 Å². The van der Waals surface area contributed by atoms with Gasteiger partial charge in [-0.3, -0.25) is 14.5 Å². The van der Waals surface area contributed by atoms with Gasteiger partial charge < -0.3 is 9.42 Å². The first-order valence-electron chi connectivity index (χ1n) is 8.70. The van der Waals surface area contributed by atoms with Crippen LogP contribution in [0.1, 0.15) is 34.9 Å². The van der Waals surface area contributed by atoms with Crippen molar-refractivity contribution in [2.75, 3.05) is 13.1 Å². The Morgan fingerprint density at radius 2 is 1.86 bits per heavy atom. The Hall–Kier alpha value is -2.52. The first kappa shape index (κ1) is 22.8. The zero-order valence-electron chi connectivity index (χ0n) is 15.9. The number of likely N-dealkylation sites (tertiary alicyclic amines) is 1. The van der Waals surface area contributed by atoms with Crippen molar-refractivity contribution in [1.29, 1.82) is 0 Å². The van der Waals surface area contributed by atoms with Crippen LogP contribution < -0.4 is 0 Å². The zero-order valence-corrected chi connectivity index (χ0v) is 17.5. The highest BCUT2D eigenvalue weighted by Gasteiger charge is 2.43. The Kier molecular flexibility index (Phi) is 6.97. The fraction of sp³-hybridized carbons (Fsp3) is 0.389. The number of piperidine rings is 1. The maximum absolute atomic E-state index is 15.4. The Balaban J connectivity index is 0.00000150. The van der Waals surface area contributed by atoms with Crippen molar-refractivity contribution >= 4 is 30.7 Å². The van der Waals surface area contributed by atoms with Crippen LogP contribution in [0.25, 0.3) is 11.4 Å². The van der Waals surface area contributed by atoms with Crippen molar-refractivity contribution < 1.29 is 13.7 Å². The van der Waals surface area contributed by atoms with Crippen LogP contribution in [-0.2, 0) is 12.7 Å². The molecule has 4 heterocycles. The number of rotatable bonds is 3. The van der Waals surface area contributed by atoms with E-state index in [2.05, 4.69) is 20.2 Å². The molecule has 1 aliphatic rings. The van der Waals surface area contributed by atoms with Gasteiger partial charge in [0.25, 0.3) is 11.8 Å². The number of alkyl halides is 1. The van der Waals surface area contributed by atoms with Crippen LogP contribution in [0, 0.1) is 6.92 Å². The summed E-state index contributed by atoms with van der Waals surface area (Å²) in [4.78, 5) is 22.4.